The predicted molar refractivity (Wildman–Crippen MR) is 101 cm³/mol. The van der Waals surface area contributed by atoms with Crippen molar-refractivity contribution in [2.75, 3.05) is 33.6 Å². The van der Waals surface area contributed by atoms with Crippen molar-refractivity contribution in [2.24, 2.45) is 0 Å². The molecule has 0 aliphatic rings. The first-order valence-electron chi connectivity index (χ1n) is 7.98. The minimum absolute atomic E-state index is 0.0811. The molecule has 0 aliphatic heterocycles. The highest BCUT2D eigenvalue weighted by Gasteiger charge is 2.20. The molecular formula is C19H20ClFN2O4. The number of anilines is 1. The topological polar surface area (TPSA) is 67.9 Å². The minimum atomic E-state index is -0.574. The number of ether oxygens (including phenoxy) is 2. The molecule has 0 saturated heterocycles. The van der Waals surface area contributed by atoms with Crippen molar-refractivity contribution in [2.45, 2.75) is 6.42 Å². The van der Waals surface area contributed by atoms with Crippen molar-refractivity contribution < 1.29 is 23.5 Å². The van der Waals surface area contributed by atoms with Crippen LogP contribution in [-0.2, 0) is 11.2 Å². The van der Waals surface area contributed by atoms with Crippen molar-refractivity contribution >= 4 is 29.1 Å². The highest BCUT2D eigenvalue weighted by atomic mass is 35.5. The zero-order valence-electron chi connectivity index (χ0n) is 15.4. The molecule has 0 bridgehead atoms. The molecule has 0 spiro atoms. The lowest BCUT2D eigenvalue weighted by Crippen LogP contribution is -2.24. The number of nitrogens with zero attached hydrogens (tertiary/aromatic N) is 1. The molecule has 0 saturated carbocycles. The average Bonchev–Trinajstić information content (AvgIpc) is 2.63. The quantitative estimate of drug-likeness (QED) is 0.815. The fourth-order valence-electron chi connectivity index (χ4n) is 2.46. The number of benzene rings is 2. The number of rotatable bonds is 6. The Bertz CT molecular complexity index is 851. The standard InChI is InChI=1S/C19H20ClFN2O4/c1-23(2)19(25)12-8-16(26-3)17(27-4)10-15(12)22-18(24)9-11-13(20)6-5-7-14(11)21/h5-8,10H,9H2,1-4H3,(H,22,24). The lowest BCUT2D eigenvalue weighted by atomic mass is 10.1. The van der Waals surface area contributed by atoms with E-state index in [0.29, 0.717) is 11.5 Å². The van der Waals surface area contributed by atoms with Crippen molar-refractivity contribution in [3.05, 3.63) is 52.3 Å². The summed E-state index contributed by atoms with van der Waals surface area (Å²) in [6, 6.07) is 7.15. The summed E-state index contributed by atoms with van der Waals surface area (Å²) < 4.78 is 24.4. The van der Waals surface area contributed by atoms with E-state index in [4.69, 9.17) is 21.1 Å². The lowest BCUT2D eigenvalue weighted by Gasteiger charge is -2.18. The first-order chi connectivity index (χ1) is 12.8. The van der Waals surface area contributed by atoms with E-state index < -0.39 is 11.7 Å². The van der Waals surface area contributed by atoms with Gasteiger partial charge in [0.2, 0.25) is 5.91 Å². The number of methoxy groups -OCH3 is 2. The van der Waals surface area contributed by atoms with Crippen molar-refractivity contribution in [1.82, 2.24) is 4.90 Å². The van der Waals surface area contributed by atoms with Crippen molar-refractivity contribution in [3.63, 3.8) is 0 Å². The van der Waals surface area contributed by atoms with Crippen LogP contribution in [0.4, 0.5) is 10.1 Å². The van der Waals surface area contributed by atoms with Gasteiger partial charge in [-0.25, -0.2) is 4.39 Å². The molecule has 2 aromatic carbocycles. The number of hydrogen-bond acceptors (Lipinski definition) is 4. The fraction of sp³-hybridized carbons (Fsp3) is 0.263. The van der Waals surface area contributed by atoms with E-state index in [2.05, 4.69) is 5.32 Å². The molecule has 27 heavy (non-hydrogen) atoms. The largest absolute Gasteiger partial charge is 0.493 e. The molecule has 0 radical (unpaired) electrons. The molecule has 2 amide bonds. The second kappa shape index (κ2) is 8.73. The van der Waals surface area contributed by atoms with Crippen molar-refractivity contribution in [1.29, 1.82) is 0 Å². The number of carbonyl (C=O) groups excluding carboxylic acids is 2. The van der Waals surface area contributed by atoms with Gasteiger partial charge in [0.25, 0.3) is 5.91 Å². The van der Waals surface area contributed by atoms with Gasteiger partial charge < -0.3 is 19.7 Å². The SMILES string of the molecule is COc1cc(NC(=O)Cc2c(F)cccc2Cl)c(C(=O)N(C)C)cc1OC. The van der Waals surface area contributed by atoms with Crippen LogP contribution in [0.3, 0.4) is 0 Å². The third kappa shape index (κ3) is 4.68. The van der Waals surface area contributed by atoms with Gasteiger partial charge in [-0.1, -0.05) is 17.7 Å². The van der Waals surface area contributed by atoms with Crippen molar-refractivity contribution in [3.8, 4) is 11.5 Å². The summed E-state index contributed by atoms with van der Waals surface area (Å²) in [5, 5.41) is 2.78. The maximum atomic E-state index is 13.9. The Kier molecular flexibility index (Phi) is 6.63. The van der Waals surface area contributed by atoms with Gasteiger partial charge in [0.1, 0.15) is 5.82 Å². The summed E-state index contributed by atoms with van der Waals surface area (Å²) in [7, 11) is 6.06. The molecule has 144 valence electrons. The van der Waals surface area contributed by atoms with Crippen LogP contribution >= 0.6 is 11.6 Å². The highest BCUT2D eigenvalue weighted by Crippen LogP contribution is 2.34. The fourth-order valence-corrected chi connectivity index (χ4v) is 2.69. The predicted octanol–water partition coefficient (Wildman–Crippen LogP) is 3.38. The molecule has 0 aromatic heterocycles. The monoisotopic (exact) mass is 394 g/mol. The molecule has 0 atom stereocenters. The van der Waals surface area contributed by atoms with Gasteiger partial charge in [-0.3, -0.25) is 9.59 Å². The molecule has 1 N–H and O–H groups in total. The summed E-state index contributed by atoms with van der Waals surface area (Å²) in [5.74, 6) is -0.753. The van der Waals surface area contributed by atoms with Gasteiger partial charge in [-0.2, -0.15) is 0 Å². The van der Waals surface area contributed by atoms with E-state index in [0.717, 1.165) is 0 Å². The molecular weight excluding hydrogens is 375 g/mol. The van der Waals surface area contributed by atoms with Gasteiger partial charge in [-0.05, 0) is 18.2 Å². The van der Waals surface area contributed by atoms with Gasteiger partial charge in [0.15, 0.2) is 11.5 Å². The van der Waals surface area contributed by atoms with E-state index in [1.807, 2.05) is 0 Å². The molecule has 2 aromatic rings. The molecule has 2 rings (SSSR count). The van der Waals surface area contributed by atoms with Crippen LogP contribution in [0.2, 0.25) is 5.02 Å². The summed E-state index contributed by atoms with van der Waals surface area (Å²) in [6.07, 6.45) is -0.282. The number of hydrogen-bond donors (Lipinski definition) is 1. The number of carbonyl (C=O) groups is 2. The Balaban J connectivity index is 2.38. The number of amides is 2. The molecule has 0 fully saturated rings. The first kappa shape index (κ1) is 20.5. The Hall–Kier alpha value is -2.80. The van der Waals surface area contributed by atoms with Crippen LogP contribution in [-0.4, -0.2) is 45.0 Å². The molecule has 0 heterocycles. The van der Waals surface area contributed by atoms with E-state index in [1.54, 1.807) is 14.1 Å². The number of nitrogens with one attached hydrogen (secondary N) is 1. The van der Waals surface area contributed by atoms with E-state index >= 15 is 0 Å². The van der Waals surface area contributed by atoms with Gasteiger partial charge in [0, 0.05) is 30.7 Å². The smallest absolute Gasteiger partial charge is 0.255 e. The van der Waals surface area contributed by atoms with Crippen LogP contribution < -0.4 is 14.8 Å². The van der Waals surface area contributed by atoms with Crippen LogP contribution in [0.5, 0.6) is 11.5 Å². The second-order valence-electron chi connectivity index (χ2n) is 5.88. The zero-order valence-corrected chi connectivity index (χ0v) is 16.2. The van der Waals surface area contributed by atoms with Gasteiger partial charge in [-0.15, -0.1) is 0 Å². The third-order valence-corrected chi connectivity index (χ3v) is 4.19. The second-order valence-corrected chi connectivity index (χ2v) is 6.28. The summed E-state index contributed by atoms with van der Waals surface area (Å²) in [4.78, 5) is 26.3. The van der Waals surface area contributed by atoms with Crippen LogP contribution in [0.15, 0.2) is 30.3 Å². The molecule has 0 unspecified atom stereocenters. The summed E-state index contributed by atoms with van der Waals surface area (Å²) in [5.41, 5.74) is 0.520. The maximum absolute atomic E-state index is 13.9. The lowest BCUT2D eigenvalue weighted by molar-refractivity contribution is -0.115. The Morgan fingerprint density at radius 3 is 2.33 bits per heavy atom. The van der Waals surface area contributed by atoms with Crippen LogP contribution in [0.1, 0.15) is 15.9 Å². The molecule has 8 heteroatoms. The van der Waals surface area contributed by atoms with E-state index in [9.17, 15) is 14.0 Å². The van der Waals surface area contributed by atoms with E-state index in [-0.39, 0.29) is 34.2 Å². The maximum Gasteiger partial charge on any atom is 0.255 e. The Morgan fingerprint density at radius 2 is 1.78 bits per heavy atom. The van der Waals surface area contributed by atoms with Gasteiger partial charge in [0.05, 0.1) is 31.9 Å². The Morgan fingerprint density at radius 1 is 1.15 bits per heavy atom. The summed E-state index contributed by atoms with van der Waals surface area (Å²) in [6.45, 7) is 0. The number of halogens is 2. The molecule has 6 nitrogen and oxygen atoms in total. The molecule has 0 aliphatic carbocycles. The average molecular weight is 395 g/mol. The normalized spacial score (nSPS) is 10.3. The summed E-state index contributed by atoms with van der Waals surface area (Å²) >= 11 is 5.97. The highest BCUT2D eigenvalue weighted by molar-refractivity contribution is 6.31. The first-order valence-corrected chi connectivity index (χ1v) is 8.36. The Labute approximate surface area is 161 Å². The zero-order chi connectivity index (χ0) is 20.1. The van der Waals surface area contributed by atoms with Crippen LogP contribution in [0.25, 0.3) is 0 Å². The third-order valence-electron chi connectivity index (χ3n) is 3.83. The van der Waals surface area contributed by atoms with Crippen LogP contribution in [0, 0.1) is 5.82 Å². The van der Waals surface area contributed by atoms with Gasteiger partial charge >= 0.3 is 0 Å². The minimum Gasteiger partial charge on any atom is -0.493 e. The van der Waals surface area contributed by atoms with E-state index in [1.165, 1.54) is 49.5 Å².